The van der Waals surface area contributed by atoms with E-state index in [1.165, 1.54) is 13.2 Å². The molecule has 0 aliphatic heterocycles. The van der Waals surface area contributed by atoms with Crippen LogP contribution in [0.5, 0.6) is 5.75 Å². The molecule has 17 heavy (non-hydrogen) atoms. The number of halogens is 1. The lowest BCUT2D eigenvalue weighted by molar-refractivity contribution is -0.384. The molecule has 7 heteroatoms. The van der Waals surface area contributed by atoms with Crippen LogP contribution in [0.25, 0.3) is 0 Å². The molecule has 0 atom stereocenters. The fourth-order valence-corrected chi connectivity index (χ4v) is 1.31. The Morgan fingerprint density at radius 2 is 2.18 bits per heavy atom. The number of hydrogen-bond acceptors (Lipinski definition) is 5. The van der Waals surface area contributed by atoms with Crippen LogP contribution in [0.1, 0.15) is 0 Å². The number of likely N-dealkylation sites (N-methyl/N-ethyl adjacent to an activating group) is 1. The third-order valence-electron chi connectivity index (χ3n) is 2.16. The SMILES string of the molecule is CNCCNc1cc(OC)c(F)cc1[N+](=O)[O-]. The number of hydrogen-bond donors (Lipinski definition) is 2. The second-order valence-electron chi connectivity index (χ2n) is 3.29. The van der Waals surface area contributed by atoms with Gasteiger partial charge >= 0.3 is 0 Å². The highest BCUT2D eigenvalue weighted by atomic mass is 19.1. The van der Waals surface area contributed by atoms with Crippen LogP contribution in [-0.4, -0.2) is 32.2 Å². The number of nitro groups is 1. The number of rotatable bonds is 6. The molecular weight excluding hydrogens is 229 g/mol. The lowest BCUT2D eigenvalue weighted by Crippen LogP contribution is -2.18. The van der Waals surface area contributed by atoms with Crippen molar-refractivity contribution in [1.29, 1.82) is 0 Å². The van der Waals surface area contributed by atoms with Gasteiger partial charge in [0.15, 0.2) is 11.6 Å². The van der Waals surface area contributed by atoms with Gasteiger partial charge in [0.05, 0.1) is 18.1 Å². The fraction of sp³-hybridized carbons (Fsp3) is 0.400. The molecule has 0 spiro atoms. The Bertz CT molecular complexity index is 412. The Morgan fingerprint density at radius 3 is 2.71 bits per heavy atom. The minimum Gasteiger partial charge on any atom is -0.494 e. The van der Waals surface area contributed by atoms with Gasteiger partial charge in [0.2, 0.25) is 0 Å². The number of anilines is 1. The molecule has 0 bridgehead atoms. The summed E-state index contributed by atoms with van der Waals surface area (Å²) in [7, 11) is 3.07. The van der Waals surface area contributed by atoms with Crippen LogP contribution in [0.2, 0.25) is 0 Å². The Labute approximate surface area is 97.9 Å². The number of benzene rings is 1. The molecule has 2 N–H and O–H groups in total. The molecule has 0 fully saturated rings. The Kier molecular flexibility index (Phi) is 4.65. The topological polar surface area (TPSA) is 76.4 Å². The van der Waals surface area contributed by atoms with E-state index in [1.807, 2.05) is 0 Å². The second-order valence-corrected chi connectivity index (χ2v) is 3.29. The highest BCUT2D eigenvalue weighted by Crippen LogP contribution is 2.31. The molecular formula is C10H14FN3O3. The molecule has 0 aliphatic carbocycles. The normalized spacial score (nSPS) is 10.1. The average Bonchev–Trinajstić information content (AvgIpc) is 2.30. The van der Waals surface area contributed by atoms with Crippen LogP contribution in [-0.2, 0) is 0 Å². The second kappa shape index (κ2) is 6.00. The molecule has 0 aliphatic rings. The molecule has 1 aromatic rings. The van der Waals surface area contributed by atoms with E-state index in [2.05, 4.69) is 10.6 Å². The van der Waals surface area contributed by atoms with Crippen LogP contribution < -0.4 is 15.4 Å². The highest BCUT2D eigenvalue weighted by Gasteiger charge is 2.18. The Balaban J connectivity index is 3.01. The molecule has 0 radical (unpaired) electrons. The summed E-state index contributed by atoms with van der Waals surface area (Å²) in [4.78, 5) is 10.1. The molecule has 0 aromatic heterocycles. The minimum absolute atomic E-state index is 0.0254. The van der Waals surface area contributed by atoms with Crippen LogP contribution in [0.3, 0.4) is 0 Å². The zero-order valence-electron chi connectivity index (χ0n) is 9.62. The van der Waals surface area contributed by atoms with E-state index in [0.717, 1.165) is 6.07 Å². The third kappa shape index (κ3) is 3.28. The number of nitro benzene ring substituents is 1. The zero-order chi connectivity index (χ0) is 12.8. The van der Waals surface area contributed by atoms with Gasteiger partial charge in [-0.1, -0.05) is 0 Å². The summed E-state index contributed by atoms with van der Waals surface area (Å²) in [5.41, 5.74) is -0.0668. The molecule has 94 valence electrons. The first-order valence-corrected chi connectivity index (χ1v) is 5.00. The van der Waals surface area contributed by atoms with E-state index in [1.54, 1.807) is 7.05 Å². The molecule has 0 saturated heterocycles. The van der Waals surface area contributed by atoms with Crippen molar-refractivity contribution in [3.05, 3.63) is 28.1 Å². The summed E-state index contributed by atoms with van der Waals surface area (Å²) in [6, 6.07) is 2.13. The lowest BCUT2D eigenvalue weighted by Gasteiger charge is -2.09. The molecule has 0 saturated carbocycles. The highest BCUT2D eigenvalue weighted by molar-refractivity contribution is 5.64. The van der Waals surface area contributed by atoms with E-state index in [0.29, 0.717) is 13.1 Å². The van der Waals surface area contributed by atoms with Crippen molar-refractivity contribution in [2.45, 2.75) is 0 Å². The van der Waals surface area contributed by atoms with Gasteiger partial charge in [0.1, 0.15) is 5.69 Å². The van der Waals surface area contributed by atoms with Gasteiger partial charge < -0.3 is 15.4 Å². The lowest BCUT2D eigenvalue weighted by atomic mass is 10.2. The van der Waals surface area contributed by atoms with E-state index >= 15 is 0 Å². The summed E-state index contributed by atoms with van der Waals surface area (Å²) in [5.74, 6) is -0.777. The van der Waals surface area contributed by atoms with Gasteiger partial charge in [-0.05, 0) is 7.05 Å². The van der Waals surface area contributed by atoms with Gasteiger partial charge in [-0.2, -0.15) is 0 Å². The third-order valence-corrected chi connectivity index (χ3v) is 2.16. The van der Waals surface area contributed by atoms with Crippen LogP contribution in [0.4, 0.5) is 15.8 Å². The Hall–Kier alpha value is -1.89. The molecule has 6 nitrogen and oxygen atoms in total. The number of nitrogens with one attached hydrogen (secondary N) is 2. The first kappa shape index (κ1) is 13.2. The van der Waals surface area contributed by atoms with Crippen LogP contribution in [0.15, 0.2) is 12.1 Å². The molecule has 0 heterocycles. The maximum atomic E-state index is 13.3. The van der Waals surface area contributed by atoms with E-state index in [-0.39, 0.29) is 17.1 Å². The van der Waals surface area contributed by atoms with E-state index in [4.69, 9.17) is 4.74 Å². The quantitative estimate of drug-likeness (QED) is 0.448. The standard InChI is InChI=1S/C10H14FN3O3/c1-12-3-4-13-8-6-10(17-2)7(11)5-9(8)14(15)16/h5-6,12-13H,3-4H2,1-2H3. The van der Waals surface area contributed by atoms with Gasteiger partial charge in [0.25, 0.3) is 5.69 Å². The Morgan fingerprint density at radius 1 is 1.47 bits per heavy atom. The maximum absolute atomic E-state index is 13.3. The molecule has 0 amide bonds. The van der Waals surface area contributed by atoms with Crippen molar-refractivity contribution in [3.8, 4) is 5.75 Å². The smallest absolute Gasteiger partial charge is 0.295 e. The number of methoxy groups -OCH3 is 1. The summed E-state index contributed by atoms with van der Waals surface area (Å²) in [6.07, 6.45) is 0. The van der Waals surface area contributed by atoms with Gasteiger partial charge in [-0.25, -0.2) is 4.39 Å². The summed E-state index contributed by atoms with van der Waals surface area (Å²) >= 11 is 0. The van der Waals surface area contributed by atoms with Crippen molar-refractivity contribution in [2.75, 3.05) is 32.6 Å². The van der Waals surface area contributed by atoms with E-state index < -0.39 is 10.7 Å². The van der Waals surface area contributed by atoms with Gasteiger partial charge in [0, 0.05) is 19.2 Å². The maximum Gasteiger partial charge on any atom is 0.295 e. The summed E-state index contributed by atoms with van der Waals surface area (Å²) < 4.78 is 18.1. The van der Waals surface area contributed by atoms with Gasteiger partial charge in [-0.15, -0.1) is 0 Å². The number of ether oxygens (including phenoxy) is 1. The number of nitrogens with zero attached hydrogens (tertiary/aromatic N) is 1. The monoisotopic (exact) mass is 243 g/mol. The minimum atomic E-state index is -0.752. The van der Waals surface area contributed by atoms with Crippen LogP contribution in [0, 0.1) is 15.9 Å². The summed E-state index contributed by atoms with van der Waals surface area (Å²) in [5, 5.41) is 16.5. The van der Waals surface area contributed by atoms with Gasteiger partial charge in [-0.3, -0.25) is 10.1 Å². The van der Waals surface area contributed by atoms with Crippen molar-refractivity contribution >= 4 is 11.4 Å². The van der Waals surface area contributed by atoms with Crippen molar-refractivity contribution < 1.29 is 14.1 Å². The predicted molar refractivity (Wildman–Crippen MR) is 62.0 cm³/mol. The van der Waals surface area contributed by atoms with E-state index in [9.17, 15) is 14.5 Å². The van der Waals surface area contributed by atoms with Crippen molar-refractivity contribution in [3.63, 3.8) is 0 Å². The fourth-order valence-electron chi connectivity index (χ4n) is 1.31. The largest absolute Gasteiger partial charge is 0.494 e. The molecule has 1 rings (SSSR count). The van der Waals surface area contributed by atoms with Crippen molar-refractivity contribution in [2.24, 2.45) is 0 Å². The van der Waals surface area contributed by atoms with Crippen molar-refractivity contribution in [1.82, 2.24) is 5.32 Å². The zero-order valence-corrected chi connectivity index (χ0v) is 9.62. The average molecular weight is 243 g/mol. The first-order chi connectivity index (χ1) is 8.10. The summed E-state index contributed by atoms with van der Waals surface area (Å²) in [6.45, 7) is 1.13. The molecule has 1 aromatic carbocycles. The molecule has 0 unspecified atom stereocenters. The predicted octanol–water partition coefficient (Wildman–Crippen LogP) is 1.37. The van der Waals surface area contributed by atoms with Crippen LogP contribution >= 0.6 is 0 Å². The first-order valence-electron chi connectivity index (χ1n) is 5.00.